The topological polar surface area (TPSA) is 51.2 Å². The molecule has 1 radical (unpaired) electrons. The van der Waals surface area contributed by atoms with Gasteiger partial charge in [0.1, 0.15) is 0 Å². The first-order chi connectivity index (χ1) is 20.7. The predicted octanol–water partition coefficient (Wildman–Crippen LogP) is 13.2. The van der Waals surface area contributed by atoms with Crippen molar-refractivity contribution < 1.29 is 33.9 Å². The third kappa shape index (κ3) is 61.4. The predicted molar refractivity (Wildman–Crippen MR) is 186 cm³/mol. The van der Waals surface area contributed by atoms with E-state index in [0.29, 0.717) is 19.3 Å². The largest absolute Gasteiger partial charge is 3.00 e. The molecule has 0 aliphatic rings. The first-order valence-corrected chi connectivity index (χ1v) is 18.8. The summed E-state index contributed by atoms with van der Waals surface area (Å²) >= 11 is 0. The standard InChI is InChI=1S/3C13H25O.Ru/c3*1-2-3-4-5-6-7-8-9-10-11-12-13-14;/h3*2-12H2,1H3;/q3*-1;+3. The van der Waals surface area contributed by atoms with Crippen molar-refractivity contribution in [2.45, 2.75) is 233 Å². The van der Waals surface area contributed by atoms with E-state index >= 15 is 0 Å². The molecule has 0 amide bonds. The maximum absolute atomic E-state index is 9.92. The van der Waals surface area contributed by atoms with Gasteiger partial charge in [0.05, 0.1) is 0 Å². The van der Waals surface area contributed by atoms with Crippen LogP contribution in [0, 0.1) is 0 Å². The van der Waals surface area contributed by atoms with E-state index in [1.807, 2.05) is 18.9 Å². The van der Waals surface area contributed by atoms with Crippen LogP contribution in [-0.4, -0.2) is 18.9 Å². The molecule has 0 atom stereocenters. The second kappa shape index (κ2) is 54.1. The molecule has 0 aliphatic carbocycles. The molecule has 0 aromatic rings. The zero-order valence-corrected chi connectivity index (χ0v) is 31.2. The minimum absolute atomic E-state index is 0. The van der Waals surface area contributed by atoms with Crippen LogP contribution in [0.4, 0.5) is 0 Å². The van der Waals surface area contributed by atoms with Crippen LogP contribution in [0.25, 0.3) is 0 Å². The summed E-state index contributed by atoms with van der Waals surface area (Å²) in [5, 5.41) is 0. The number of unbranched alkanes of at least 4 members (excludes halogenated alkanes) is 30. The third-order valence-corrected chi connectivity index (χ3v) is 7.90. The molecule has 43 heavy (non-hydrogen) atoms. The molecule has 3 nitrogen and oxygen atoms in total. The second-order valence-electron chi connectivity index (χ2n) is 12.2. The van der Waals surface area contributed by atoms with Gasteiger partial charge in [0.2, 0.25) is 0 Å². The average molecular weight is 693 g/mol. The number of carbonyl (C=O) groups excluding carboxylic acids is 3. The summed E-state index contributed by atoms with van der Waals surface area (Å²) < 4.78 is 0. The van der Waals surface area contributed by atoms with Gasteiger partial charge in [0.15, 0.2) is 0 Å². The van der Waals surface area contributed by atoms with E-state index in [0.717, 1.165) is 19.3 Å². The molecular weight excluding hydrogens is 617 g/mol. The van der Waals surface area contributed by atoms with E-state index in [2.05, 4.69) is 20.8 Å². The Morgan fingerprint density at radius 1 is 0.256 bits per heavy atom. The van der Waals surface area contributed by atoms with Crippen molar-refractivity contribution in [1.82, 2.24) is 0 Å². The van der Waals surface area contributed by atoms with E-state index in [9.17, 15) is 14.4 Å². The number of rotatable bonds is 33. The molecule has 0 spiro atoms. The Balaban J connectivity index is -0.000000262. The Labute approximate surface area is 284 Å². The molecule has 0 unspecified atom stereocenters. The van der Waals surface area contributed by atoms with E-state index in [1.54, 1.807) is 0 Å². The normalized spacial score (nSPS) is 10.1. The Morgan fingerprint density at radius 3 is 0.535 bits per heavy atom. The van der Waals surface area contributed by atoms with Gasteiger partial charge in [-0.2, -0.15) is 19.3 Å². The van der Waals surface area contributed by atoms with Crippen LogP contribution in [0.1, 0.15) is 233 Å². The summed E-state index contributed by atoms with van der Waals surface area (Å²) in [4.78, 5) is 29.7. The van der Waals surface area contributed by atoms with Gasteiger partial charge >= 0.3 is 19.5 Å². The molecule has 0 saturated heterocycles. The molecule has 0 fully saturated rings. The van der Waals surface area contributed by atoms with Crippen molar-refractivity contribution >= 4 is 18.9 Å². The summed E-state index contributed by atoms with van der Waals surface area (Å²) in [5.74, 6) is 0. The summed E-state index contributed by atoms with van der Waals surface area (Å²) in [5.41, 5.74) is 0. The Bertz CT molecular complexity index is 403. The van der Waals surface area contributed by atoms with Crippen molar-refractivity contribution in [3.63, 3.8) is 0 Å². The van der Waals surface area contributed by atoms with Crippen molar-refractivity contribution in [3.05, 3.63) is 0 Å². The SMILES string of the molecule is CCCCCCCCCCCC[C-]=O.CCCCCCCCCCCC[C-]=O.CCCCCCCCCCCC[C-]=O.[Ru+3]. The van der Waals surface area contributed by atoms with Gasteiger partial charge in [-0.1, -0.05) is 213 Å². The molecule has 0 aromatic heterocycles. The van der Waals surface area contributed by atoms with E-state index in [1.165, 1.54) is 173 Å². The molecule has 0 bridgehead atoms. The molecule has 0 aromatic carbocycles. The maximum atomic E-state index is 9.92. The van der Waals surface area contributed by atoms with E-state index in [4.69, 9.17) is 0 Å². The van der Waals surface area contributed by atoms with Crippen LogP contribution in [0.5, 0.6) is 0 Å². The first kappa shape index (κ1) is 49.5. The maximum Gasteiger partial charge on any atom is 3.00 e. The zero-order chi connectivity index (χ0) is 31.5. The third-order valence-electron chi connectivity index (χ3n) is 7.90. The smallest absolute Gasteiger partial charge is 0.542 e. The molecular formula is C39H75O3Ru. The van der Waals surface area contributed by atoms with Crippen LogP contribution in [0.15, 0.2) is 0 Å². The van der Waals surface area contributed by atoms with Gasteiger partial charge in [-0.25, -0.2) is 0 Å². The molecule has 0 aliphatic heterocycles. The summed E-state index contributed by atoms with van der Waals surface area (Å²) in [6.45, 7) is 6.76. The van der Waals surface area contributed by atoms with Crippen LogP contribution in [0.2, 0.25) is 0 Å². The Morgan fingerprint density at radius 2 is 0.395 bits per heavy atom. The fourth-order valence-electron chi connectivity index (χ4n) is 5.05. The van der Waals surface area contributed by atoms with Crippen molar-refractivity contribution in [1.29, 1.82) is 0 Å². The Hall–Kier alpha value is -0.367. The van der Waals surface area contributed by atoms with Crippen molar-refractivity contribution in [3.8, 4) is 0 Å². The van der Waals surface area contributed by atoms with Crippen LogP contribution in [-0.2, 0) is 33.9 Å². The monoisotopic (exact) mass is 693 g/mol. The quantitative estimate of drug-likeness (QED) is 0.0391. The number of hydrogen-bond acceptors (Lipinski definition) is 3. The molecule has 4 heteroatoms. The fourth-order valence-corrected chi connectivity index (χ4v) is 5.05. The van der Waals surface area contributed by atoms with Crippen LogP contribution < -0.4 is 0 Å². The minimum Gasteiger partial charge on any atom is -0.542 e. The molecule has 257 valence electrons. The van der Waals surface area contributed by atoms with Gasteiger partial charge in [-0.3, -0.25) is 18.9 Å². The molecule has 0 heterocycles. The second-order valence-corrected chi connectivity index (χ2v) is 12.2. The van der Waals surface area contributed by atoms with Crippen molar-refractivity contribution in [2.75, 3.05) is 0 Å². The first-order valence-electron chi connectivity index (χ1n) is 18.8. The summed E-state index contributed by atoms with van der Waals surface area (Å²) in [6.07, 6.45) is 47.5. The number of hydrogen-bond donors (Lipinski definition) is 0. The average Bonchev–Trinajstić information content (AvgIpc) is 3.01. The van der Waals surface area contributed by atoms with Gasteiger partial charge in [-0.15, -0.1) is 0 Å². The van der Waals surface area contributed by atoms with Gasteiger partial charge in [0, 0.05) is 0 Å². The molecule has 0 N–H and O–H groups in total. The summed E-state index contributed by atoms with van der Waals surface area (Å²) in [7, 11) is 0. The van der Waals surface area contributed by atoms with Crippen molar-refractivity contribution in [2.24, 2.45) is 0 Å². The van der Waals surface area contributed by atoms with Gasteiger partial charge in [-0.05, 0) is 0 Å². The summed E-state index contributed by atoms with van der Waals surface area (Å²) in [6, 6.07) is 0. The minimum atomic E-state index is 0. The fraction of sp³-hybridized carbons (Fsp3) is 0.923. The van der Waals surface area contributed by atoms with Gasteiger partial charge < -0.3 is 14.4 Å². The molecule has 0 rings (SSSR count). The zero-order valence-electron chi connectivity index (χ0n) is 29.4. The molecule has 0 saturated carbocycles. The van der Waals surface area contributed by atoms with E-state index < -0.39 is 0 Å². The van der Waals surface area contributed by atoms with E-state index in [-0.39, 0.29) is 19.5 Å². The van der Waals surface area contributed by atoms with Crippen LogP contribution >= 0.6 is 0 Å². The van der Waals surface area contributed by atoms with Crippen LogP contribution in [0.3, 0.4) is 0 Å². The Kier molecular flexibility index (Phi) is 62.3. The van der Waals surface area contributed by atoms with Gasteiger partial charge in [0.25, 0.3) is 0 Å².